The number of hydrogen-bond donors (Lipinski definition) is 0. The highest BCUT2D eigenvalue weighted by atomic mass is 16.1. The highest BCUT2D eigenvalue weighted by molar-refractivity contribution is 5.94. The minimum absolute atomic E-state index is 0.0699. The topological polar surface area (TPSA) is 17.1 Å². The van der Waals surface area contributed by atoms with Crippen molar-refractivity contribution in [2.45, 2.75) is 51.9 Å². The Morgan fingerprint density at radius 2 is 1.79 bits per heavy atom. The zero-order chi connectivity index (χ0) is 13.9. The fraction of sp³-hybridized carbons (Fsp3) is 0.500. The van der Waals surface area contributed by atoms with E-state index in [0.717, 1.165) is 24.8 Å². The van der Waals surface area contributed by atoms with Gasteiger partial charge in [-0.2, -0.15) is 0 Å². The van der Waals surface area contributed by atoms with Gasteiger partial charge in [0.1, 0.15) is 5.41 Å². The second kappa shape index (κ2) is 5.21. The summed E-state index contributed by atoms with van der Waals surface area (Å²) in [6.07, 6.45) is 3.61. The summed E-state index contributed by atoms with van der Waals surface area (Å²) >= 11 is 0. The van der Waals surface area contributed by atoms with E-state index in [-0.39, 0.29) is 5.41 Å². The molecule has 1 nitrogen and oxygen atoms in total. The van der Waals surface area contributed by atoms with E-state index in [2.05, 4.69) is 32.6 Å². The molecule has 0 bridgehead atoms. The SMILES string of the molecule is CC(C)(C)C#CC1(c2ccccc2)CCCCC1=O. The van der Waals surface area contributed by atoms with Crippen LogP contribution in [-0.4, -0.2) is 5.78 Å². The molecule has 0 amide bonds. The molecular formula is C18H22O. The molecule has 0 heterocycles. The molecule has 1 saturated carbocycles. The first kappa shape index (κ1) is 13.9. The third-order valence-corrected chi connectivity index (χ3v) is 3.60. The van der Waals surface area contributed by atoms with Crippen LogP contribution in [0.25, 0.3) is 0 Å². The summed E-state index contributed by atoms with van der Waals surface area (Å²) in [7, 11) is 0. The number of ketones is 1. The lowest BCUT2D eigenvalue weighted by Crippen LogP contribution is -2.37. The molecule has 1 aromatic carbocycles. The summed E-state index contributed by atoms with van der Waals surface area (Å²) < 4.78 is 0. The normalized spacial score (nSPS) is 23.6. The average molecular weight is 254 g/mol. The Morgan fingerprint density at radius 1 is 1.11 bits per heavy atom. The Bertz CT molecular complexity index is 510. The zero-order valence-electron chi connectivity index (χ0n) is 12.1. The van der Waals surface area contributed by atoms with E-state index in [0.29, 0.717) is 12.2 Å². The zero-order valence-corrected chi connectivity index (χ0v) is 12.1. The van der Waals surface area contributed by atoms with E-state index in [1.807, 2.05) is 30.3 Å². The minimum Gasteiger partial charge on any atom is -0.298 e. The smallest absolute Gasteiger partial charge is 0.155 e. The first-order valence-electron chi connectivity index (χ1n) is 7.07. The molecule has 19 heavy (non-hydrogen) atoms. The number of carbonyl (C=O) groups is 1. The average Bonchev–Trinajstić information content (AvgIpc) is 2.38. The summed E-state index contributed by atoms with van der Waals surface area (Å²) in [6.45, 7) is 6.27. The molecule has 1 atom stereocenters. The van der Waals surface area contributed by atoms with Crippen LogP contribution in [0.15, 0.2) is 30.3 Å². The maximum Gasteiger partial charge on any atom is 0.155 e. The Labute approximate surface area is 116 Å². The molecule has 1 aromatic rings. The van der Waals surface area contributed by atoms with Gasteiger partial charge in [0, 0.05) is 11.8 Å². The van der Waals surface area contributed by atoms with Crippen LogP contribution in [0, 0.1) is 17.3 Å². The van der Waals surface area contributed by atoms with Gasteiger partial charge in [-0.25, -0.2) is 0 Å². The Hall–Kier alpha value is -1.55. The summed E-state index contributed by atoms with van der Waals surface area (Å²) in [5.41, 5.74) is 0.434. The number of Topliss-reactive ketones (excluding diaryl/α,β-unsaturated/α-hetero) is 1. The van der Waals surface area contributed by atoms with Crippen molar-refractivity contribution in [2.75, 3.05) is 0 Å². The molecule has 2 rings (SSSR count). The van der Waals surface area contributed by atoms with Gasteiger partial charge in [0.2, 0.25) is 0 Å². The molecule has 0 saturated heterocycles. The van der Waals surface area contributed by atoms with E-state index in [4.69, 9.17) is 0 Å². The Balaban J connectivity index is 2.49. The van der Waals surface area contributed by atoms with Crippen molar-refractivity contribution in [1.29, 1.82) is 0 Å². The number of carbonyl (C=O) groups excluding carboxylic acids is 1. The predicted molar refractivity (Wildman–Crippen MR) is 78.8 cm³/mol. The van der Waals surface area contributed by atoms with Gasteiger partial charge >= 0.3 is 0 Å². The highest BCUT2D eigenvalue weighted by Gasteiger charge is 2.40. The van der Waals surface area contributed by atoms with Gasteiger partial charge < -0.3 is 0 Å². The monoisotopic (exact) mass is 254 g/mol. The first-order chi connectivity index (χ1) is 8.94. The van der Waals surface area contributed by atoms with Crippen LogP contribution < -0.4 is 0 Å². The fourth-order valence-electron chi connectivity index (χ4n) is 2.56. The maximum atomic E-state index is 12.5. The van der Waals surface area contributed by atoms with Gasteiger partial charge in [-0.05, 0) is 39.2 Å². The van der Waals surface area contributed by atoms with E-state index >= 15 is 0 Å². The van der Waals surface area contributed by atoms with Gasteiger partial charge in [-0.3, -0.25) is 4.79 Å². The predicted octanol–water partition coefficient (Wildman–Crippen LogP) is 4.12. The third kappa shape index (κ3) is 3.07. The standard InChI is InChI=1S/C18H22O/c1-17(2,3)13-14-18(12-8-7-11-16(18)19)15-9-5-4-6-10-15/h4-6,9-10H,7-8,11-12H2,1-3H3. The molecule has 1 aliphatic carbocycles. The van der Waals surface area contributed by atoms with Gasteiger partial charge in [0.15, 0.2) is 5.78 Å². The van der Waals surface area contributed by atoms with Crippen LogP contribution in [0.3, 0.4) is 0 Å². The number of hydrogen-bond acceptors (Lipinski definition) is 1. The largest absolute Gasteiger partial charge is 0.298 e. The van der Waals surface area contributed by atoms with Crippen molar-refractivity contribution in [3.63, 3.8) is 0 Å². The lowest BCUT2D eigenvalue weighted by molar-refractivity contribution is -0.124. The summed E-state index contributed by atoms with van der Waals surface area (Å²) in [6, 6.07) is 10.1. The first-order valence-corrected chi connectivity index (χ1v) is 7.07. The molecule has 0 spiro atoms. The van der Waals surface area contributed by atoms with Gasteiger partial charge in [-0.15, -0.1) is 0 Å². The second-order valence-corrected chi connectivity index (χ2v) is 6.40. The minimum atomic E-state index is -0.563. The van der Waals surface area contributed by atoms with Crippen LogP contribution in [0.2, 0.25) is 0 Å². The molecule has 100 valence electrons. The maximum absolute atomic E-state index is 12.5. The van der Waals surface area contributed by atoms with Crippen LogP contribution in [0.4, 0.5) is 0 Å². The van der Waals surface area contributed by atoms with Crippen molar-refractivity contribution in [2.24, 2.45) is 5.41 Å². The fourth-order valence-corrected chi connectivity index (χ4v) is 2.56. The van der Waals surface area contributed by atoms with Crippen molar-refractivity contribution < 1.29 is 4.79 Å². The molecule has 0 N–H and O–H groups in total. The molecule has 1 aliphatic rings. The Kier molecular flexibility index (Phi) is 3.80. The molecule has 1 unspecified atom stereocenters. The summed E-state index contributed by atoms with van der Waals surface area (Å²) in [5, 5.41) is 0. The molecule has 0 radical (unpaired) electrons. The number of benzene rings is 1. The van der Waals surface area contributed by atoms with Crippen molar-refractivity contribution in [3.8, 4) is 11.8 Å². The van der Waals surface area contributed by atoms with Crippen LogP contribution >= 0.6 is 0 Å². The van der Waals surface area contributed by atoms with Crippen LogP contribution in [0.1, 0.15) is 52.0 Å². The highest BCUT2D eigenvalue weighted by Crippen LogP contribution is 2.36. The van der Waals surface area contributed by atoms with Gasteiger partial charge in [0.05, 0.1) is 0 Å². The lowest BCUT2D eigenvalue weighted by Gasteiger charge is -2.32. The van der Waals surface area contributed by atoms with E-state index in [1.54, 1.807) is 0 Å². The quantitative estimate of drug-likeness (QED) is 0.689. The molecule has 1 heteroatoms. The van der Waals surface area contributed by atoms with Gasteiger partial charge in [0.25, 0.3) is 0 Å². The van der Waals surface area contributed by atoms with Crippen molar-refractivity contribution >= 4 is 5.78 Å². The molecule has 0 aromatic heterocycles. The van der Waals surface area contributed by atoms with E-state index in [9.17, 15) is 4.79 Å². The third-order valence-electron chi connectivity index (χ3n) is 3.60. The number of rotatable bonds is 1. The molecule has 0 aliphatic heterocycles. The van der Waals surface area contributed by atoms with Crippen molar-refractivity contribution in [1.82, 2.24) is 0 Å². The lowest BCUT2D eigenvalue weighted by atomic mass is 9.68. The molecular weight excluding hydrogens is 232 g/mol. The summed E-state index contributed by atoms with van der Waals surface area (Å²) in [4.78, 5) is 12.5. The van der Waals surface area contributed by atoms with Crippen LogP contribution in [0.5, 0.6) is 0 Å². The molecule has 1 fully saturated rings. The van der Waals surface area contributed by atoms with Gasteiger partial charge in [-0.1, -0.05) is 48.6 Å². The Morgan fingerprint density at radius 3 is 2.37 bits per heavy atom. The second-order valence-electron chi connectivity index (χ2n) is 6.40. The van der Waals surface area contributed by atoms with Crippen molar-refractivity contribution in [3.05, 3.63) is 35.9 Å². The van der Waals surface area contributed by atoms with E-state index < -0.39 is 5.41 Å². The van der Waals surface area contributed by atoms with Crippen LogP contribution in [-0.2, 0) is 10.2 Å². The summed E-state index contributed by atoms with van der Waals surface area (Å²) in [5.74, 6) is 6.93. The van der Waals surface area contributed by atoms with E-state index in [1.165, 1.54) is 0 Å².